The zero-order valence-electron chi connectivity index (χ0n) is 13.0. The zero-order valence-corrected chi connectivity index (χ0v) is 13.0. The third kappa shape index (κ3) is 3.58. The van der Waals surface area contributed by atoms with Gasteiger partial charge in [0.2, 0.25) is 0 Å². The van der Waals surface area contributed by atoms with Crippen molar-refractivity contribution < 1.29 is 9.47 Å². The minimum Gasteiger partial charge on any atom is -0.497 e. The van der Waals surface area contributed by atoms with Gasteiger partial charge in [0, 0.05) is 6.04 Å². The van der Waals surface area contributed by atoms with Gasteiger partial charge in [0.25, 0.3) is 0 Å². The van der Waals surface area contributed by atoms with E-state index >= 15 is 0 Å². The highest BCUT2D eigenvalue weighted by Crippen LogP contribution is 2.44. The maximum absolute atomic E-state index is 6.36. The highest BCUT2D eigenvalue weighted by Gasteiger charge is 2.42. The van der Waals surface area contributed by atoms with E-state index in [1.165, 1.54) is 44.1 Å². The normalized spacial score (nSPS) is 25.3. The number of hydrogen-bond donors (Lipinski definition) is 1. The standard InChI is InChI=1S/C18H27NO2/c1-20-16-6-4-5-14(12-16)11-15(19)13-17-7-10-18(21-17)8-2-3-9-18/h4-6,12,15,17H,2-3,7-11,13,19H2,1H3. The lowest BCUT2D eigenvalue weighted by Gasteiger charge is -2.25. The van der Waals surface area contributed by atoms with E-state index in [9.17, 15) is 0 Å². The predicted octanol–water partition coefficient (Wildman–Crippen LogP) is 3.45. The third-order valence-corrected chi connectivity index (χ3v) is 5.05. The predicted molar refractivity (Wildman–Crippen MR) is 84.6 cm³/mol. The average molecular weight is 289 g/mol. The zero-order chi connectivity index (χ0) is 14.7. The molecule has 2 aliphatic rings. The molecule has 1 aliphatic heterocycles. The molecule has 1 saturated heterocycles. The van der Waals surface area contributed by atoms with E-state index < -0.39 is 0 Å². The van der Waals surface area contributed by atoms with Crippen molar-refractivity contribution in [2.75, 3.05) is 7.11 Å². The van der Waals surface area contributed by atoms with Crippen LogP contribution in [0, 0.1) is 0 Å². The second kappa shape index (κ2) is 6.37. The van der Waals surface area contributed by atoms with E-state index in [4.69, 9.17) is 15.2 Å². The number of methoxy groups -OCH3 is 1. The lowest BCUT2D eigenvalue weighted by Crippen LogP contribution is -2.31. The van der Waals surface area contributed by atoms with Gasteiger partial charge in [-0.05, 0) is 56.2 Å². The molecule has 1 aliphatic carbocycles. The molecule has 0 amide bonds. The van der Waals surface area contributed by atoms with Crippen LogP contribution in [0.15, 0.2) is 24.3 Å². The van der Waals surface area contributed by atoms with E-state index in [-0.39, 0.29) is 11.6 Å². The van der Waals surface area contributed by atoms with E-state index in [2.05, 4.69) is 12.1 Å². The Morgan fingerprint density at radius 3 is 2.90 bits per heavy atom. The highest BCUT2D eigenvalue weighted by molar-refractivity contribution is 5.28. The first-order valence-corrected chi connectivity index (χ1v) is 8.25. The number of rotatable bonds is 5. The molecule has 0 bridgehead atoms. The third-order valence-electron chi connectivity index (χ3n) is 5.05. The molecule has 0 radical (unpaired) electrons. The molecule has 21 heavy (non-hydrogen) atoms. The molecule has 3 heteroatoms. The van der Waals surface area contributed by atoms with Gasteiger partial charge in [-0.1, -0.05) is 25.0 Å². The molecule has 1 aromatic rings. The lowest BCUT2D eigenvalue weighted by atomic mass is 9.96. The van der Waals surface area contributed by atoms with Crippen LogP contribution < -0.4 is 10.5 Å². The fourth-order valence-corrected chi connectivity index (χ4v) is 3.97. The van der Waals surface area contributed by atoms with Gasteiger partial charge >= 0.3 is 0 Å². The molecule has 3 nitrogen and oxygen atoms in total. The first-order chi connectivity index (χ1) is 10.2. The number of ether oxygens (including phenoxy) is 2. The molecule has 2 unspecified atom stereocenters. The monoisotopic (exact) mass is 289 g/mol. The van der Waals surface area contributed by atoms with Crippen molar-refractivity contribution in [3.8, 4) is 5.75 Å². The summed E-state index contributed by atoms with van der Waals surface area (Å²) in [6.45, 7) is 0. The van der Waals surface area contributed by atoms with Crippen LogP contribution >= 0.6 is 0 Å². The maximum Gasteiger partial charge on any atom is 0.119 e. The Labute approximate surface area is 127 Å². The van der Waals surface area contributed by atoms with Gasteiger partial charge in [0.15, 0.2) is 0 Å². The summed E-state index contributed by atoms with van der Waals surface area (Å²) in [6, 6.07) is 8.36. The van der Waals surface area contributed by atoms with Crippen molar-refractivity contribution in [1.82, 2.24) is 0 Å². The van der Waals surface area contributed by atoms with Gasteiger partial charge in [-0.25, -0.2) is 0 Å². The van der Waals surface area contributed by atoms with E-state index in [0.717, 1.165) is 18.6 Å². The Bertz CT molecular complexity index is 468. The second-order valence-electron chi connectivity index (χ2n) is 6.72. The van der Waals surface area contributed by atoms with E-state index in [1.807, 2.05) is 12.1 Å². The van der Waals surface area contributed by atoms with Gasteiger partial charge < -0.3 is 15.2 Å². The molecule has 0 aromatic heterocycles. The van der Waals surface area contributed by atoms with Crippen molar-refractivity contribution in [3.05, 3.63) is 29.8 Å². The SMILES string of the molecule is COc1cccc(CC(N)CC2CCC3(CCCC3)O2)c1. The lowest BCUT2D eigenvalue weighted by molar-refractivity contribution is -0.0407. The van der Waals surface area contributed by atoms with Crippen LogP contribution in [0.2, 0.25) is 0 Å². The topological polar surface area (TPSA) is 44.5 Å². The quantitative estimate of drug-likeness (QED) is 0.903. The molecular formula is C18H27NO2. The molecule has 1 heterocycles. The molecule has 2 fully saturated rings. The Morgan fingerprint density at radius 1 is 1.33 bits per heavy atom. The summed E-state index contributed by atoms with van der Waals surface area (Å²) >= 11 is 0. The van der Waals surface area contributed by atoms with Crippen molar-refractivity contribution >= 4 is 0 Å². The summed E-state index contributed by atoms with van der Waals surface area (Å²) in [5, 5.41) is 0. The number of hydrogen-bond acceptors (Lipinski definition) is 3. The fraction of sp³-hybridized carbons (Fsp3) is 0.667. The van der Waals surface area contributed by atoms with Gasteiger partial charge in [-0.2, -0.15) is 0 Å². The second-order valence-corrected chi connectivity index (χ2v) is 6.72. The van der Waals surface area contributed by atoms with Gasteiger partial charge in [-0.3, -0.25) is 0 Å². The van der Waals surface area contributed by atoms with E-state index in [0.29, 0.717) is 6.10 Å². The maximum atomic E-state index is 6.36. The minimum atomic E-state index is 0.165. The van der Waals surface area contributed by atoms with Gasteiger partial charge in [-0.15, -0.1) is 0 Å². The molecule has 1 aromatic carbocycles. The Kier molecular flexibility index (Phi) is 4.51. The highest BCUT2D eigenvalue weighted by atomic mass is 16.5. The Hall–Kier alpha value is -1.06. The van der Waals surface area contributed by atoms with Crippen LogP contribution in [0.25, 0.3) is 0 Å². The number of benzene rings is 1. The Morgan fingerprint density at radius 2 is 2.14 bits per heavy atom. The molecule has 1 spiro atoms. The van der Waals surface area contributed by atoms with Crippen LogP contribution in [0.1, 0.15) is 50.5 Å². The summed E-state index contributed by atoms with van der Waals surface area (Å²) in [4.78, 5) is 0. The van der Waals surface area contributed by atoms with Crippen molar-refractivity contribution in [2.45, 2.75) is 69.1 Å². The molecular weight excluding hydrogens is 262 g/mol. The average Bonchev–Trinajstić information content (AvgIpc) is 3.09. The first-order valence-electron chi connectivity index (χ1n) is 8.25. The molecule has 116 valence electrons. The Balaban J connectivity index is 1.51. The fourth-order valence-electron chi connectivity index (χ4n) is 3.97. The summed E-state index contributed by atoms with van der Waals surface area (Å²) in [5.74, 6) is 0.904. The summed E-state index contributed by atoms with van der Waals surface area (Å²) < 4.78 is 11.6. The van der Waals surface area contributed by atoms with E-state index in [1.54, 1.807) is 7.11 Å². The minimum absolute atomic E-state index is 0.165. The summed E-state index contributed by atoms with van der Waals surface area (Å²) in [6.07, 6.45) is 9.84. The molecule has 2 atom stereocenters. The largest absolute Gasteiger partial charge is 0.497 e. The van der Waals surface area contributed by atoms with Crippen LogP contribution in [0.5, 0.6) is 5.75 Å². The van der Waals surface area contributed by atoms with Gasteiger partial charge in [0.1, 0.15) is 5.75 Å². The summed E-state index contributed by atoms with van der Waals surface area (Å²) in [5.41, 5.74) is 7.81. The summed E-state index contributed by atoms with van der Waals surface area (Å²) in [7, 11) is 1.70. The van der Waals surface area contributed by atoms with Gasteiger partial charge in [0.05, 0.1) is 18.8 Å². The molecule has 3 rings (SSSR count). The van der Waals surface area contributed by atoms with Crippen molar-refractivity contribution in [1.29, 1.82) is 0 Å². The van der Waals surface area contributed by atoms with Crippen LogP contribution in [0.4, 0.5) is 0 Å². The smallest absolute Gasteiger partial charge is 0.119 e. The number of nitrogens with two attached hydrogens (primary N) is 1. The van der Waals surface area contributed by atoms with Crippen molar-refractivity contribution in [3.63, 3.8) is 0 Å². The molecule has 2 N–H and O–H groups in total. The van der Waals surface area contributed by atoms with Crippen LogP contribution in [-0.4, -0.2) is 24.9 Å². The van der Waals surface area contributed by atoms with Crippen molar-refractivity contribution in [2.24, 2.45) is 5.73 Å². The molecule has 1 saturated carbocycles. The first kappa shape index (κ1) is 14.9. The van der Waals surface area contributed by atoms with Crippen LogP contribution in [-0.2, 0) is 11.2 Å². The van der Waals surface area contributed by atoms with Crippen LogP contribution in [0.3, 0.4) is 0 Å².